The van der Waals surface area contributed by atoms with Gasteiger partial charge >= 0.3 is 6.18 Å². The van der Waals surface area contributed by atoms with Gasteiger partial charge in [-0.15, -0.1) is 11.3 Å². The summed E-state index contributed by atoms with van der Waals surface area (Å²) in [6, 6.07) is 14.0. The van der Waals surface area contributed by atoms with Crippen molar-refractivity contribution in [2.45, 2.75) is 6.18 Å². The number of rotatable bonds is 4. The fourth-order valence-electron chi connectivity index (χ4n) is 2.32. The number of nitrogens with one attached hydrogen (secondary N) is 1. The van der Waals surface area contributed by atoms with Crippen LogP contribution in [0.15, 0.2) is 72.3 Å². The van der Waals surface area contributed by atoms with Gasteiger partial charge in [0.25, 0.3) is 0 Å². The Morgan fingerprint density at radius 2 is 1.73 bits per heavy atom. The second-order valence-electron chi connectivity index (χ2n) is 5.33. The number of alkyl halides is 3. The average molecular weight is 374 g/mol. The van der Waals surface area contributed by atoms with Gasteiger partial charge in [0, 0.05) is 28.9 Å². The van der Waals surface area contributed by atoms with Crippen molar-refractivity contribution in [3.05, 3.63) is 77.8 Å². The fourth-order valence-corrected chi connectivity index (χ4v) is 2.96. The van der Waals surface area contributed by atoms with Crippen molar-refractivity contribution in [3.8, 4) is 10.6 Å². The van der Waals surface area contributed by atoms with E-state index in [0.717, 1.165) is 10.6 Å². The van der Waals surface area contributed by atoms with Gasteiger partial charge in [-0.05, 0) is 29.8 Å². The number of hydrogen-bond donors (Lipinski definition) is 1. The molecule has 0 aliphatic heterocycles. The van der Waals surface area contributed by atoms with Crippen LogP contribution in [0.5, 0.6) is 0 Å². The monoisotopic (exact) mass is 374 g/mol. The minimum atomic E-state index is -4.63. The number of hydrogen-bond acceptors (Lipinski definition) is 3. The zero-order chi connectivity index (χ0) is 18.6. The van der Waals surface area contributed by atoms with Crippen LogP contribution < -0.4 is 5.32 Å². The van der Waals surface area contributed by atoms with Crippen LogP contribution in [-0.2, 0) is 4.79 Å². The fraction of sp³-hybridized carbons (Fsp3) is 0.0526. The van der Waals surface area contributed by atoms with E-state index in [1.807, 2.05) is 5.38 Å². The summed E-state index contributed by atoms with van der Waals surface area (Å²) in [6.45, 7) is 0. The quantitative estimate of drug-likeness (QED) is 0.622. The minimum Gasteiger partial charge on any atom is -0.322 e. The smallest absolute Gasteiger partial charge is 0.322 e. The number of thiazole rings is 1. The summed E-state index contributed by atoms with van der Waals surface area (Å²) < 4.78 is 39.8. The molecular weight excluding hydrogens is 361 g/mol. The highest BCUT2D eigenvalue weighted by Crippen LogP contribution is 2.33. The lowest BCUT2D eigenvalue weighted by Crippen LogP contribution is -2.16. The van der Waals surface area contributed by atoms with Crippen LogP contribution in [0.2, 0.25) is 0 Å². The molecule has 1 heterocycles. The molecule has 7 heteroatoms. The molecule has 3 nitrogen and oxygen atoms in total. The molecule has 0 spiro atoms. The SMILES string of the molecule is O=C(/C=C(/c1ccccc1)C(F)(F)F)Nc1ccc(-c2nccs2)cc1. The number of allylic oxidation sites excluding steroid dienone is 1. The first-order chi connectivity index (χ1) is 12.4. The molecule has 0 saturated heterocycles. The van der Waals surface area contributed by atoms with E-state index >= 15 is 0 Å². The third kappa shape index (κ3) is 4.37. The number of anilines is 1. The Hall–Kier alpha value is -2.93. The normalized spacial score (nSPS) is 12.0. The summed E-state index contributed by atoms with van der Waals surface area (Å²) >= 11 is 1.47. The summed E-state index contributed by atoms with van der Waals surface area (Å²) in [5.41, 5.74) is 0.222. The van der Waals surface area contributed by atoms with E-state index in [2.05, 4.69) is 10.3 Å². The maximum absolute atomic E-state index is 13.3. The van der Waals surface area contributed by atoms with Gasteiger partial charge in [0.05, 0.1) is 5.57 Å². The van der Waals surface area contributed by atoms with E-state index in [0.29, 0.717) is 11.8 Å². The molecular formula is C19H13F3N2OS. The molecule has 1 N–H and O–H groups in total. The first kappa shape index (κ1) is 17.9. The molecule has 0 aliphatic rings. The number of nitrogens with zero attached hydrogens (tertiary/aromatic N) is 1. The van der Waals surface area contributed by atoms with E-state index in [9.17, 15) is 18.0 Å². The molecule has 26 heavy (non-hydrogen) atoms. The van der Waals surface area contributed by atoms with Gasteiger partial charge in [-0.25, -0.2) is 4.98 Å². The van der Waals surface area contributed by atoms with Crippen molar-refractivity contribution in [1.82, 2.24) is 4.98 Å². The van der Waals surface area contributed by atoms with Crippen LogP contribution >= 0.6 is 11.3 Å². The summed E-state index contributed by atoms with van der Waals surface area (Å²) in [7, 11) is 0. The second-order valence-corrected chi connectivity index (χ2v) is 6.22. The number of carbonyl (C=O) groups is 1. The van der Waals surface area contributed by atoms with Crippen LogP contribution in [0.3, 0.4) is 0 Å². The van der Waals surface area contributed by atoms with E-state index in [4.69, 9.17) is 0 Å². The summed E-state index contributed by atoms with van der Waals surface area (Å²) in [4.78, 5) is 16.2. The summed E-state index contributed by atoms with van der Waals surface area (Å²) in [5, 5.41) is 5.12. The van der Waals surface area contributed by atoms with Crippen molar-refractivity contribution in [3.63, 3.8) is 0 Å². The summed E-state index contributed by atoms with van der Waals surface area (Å²) in [5.74, 6) is -0.844. The number of benzene rings is 2. The van der Waals surface area contributed by atoms with Gasteiger partial charge in [-0.3, -0.25) is 4.79 Å². The molecule has 1 amide bonds. The molecule has 0 unspecified atom stereocenters. The zero-order valence-corrected chi connectivity index (χ0v) is 14.1. The first-order valence-corrected chi connectivity index (χ1v) is 8.47. The topological polar surface area (TPSA) is 42.0 Å². The third-order valence-electron chi connectivity index (χ3n) is 3.50. The Bertz CT molecular complexity index is 902. The molecule has 1 aromatic heterocycles. The van der Waals surface area contributed by atoms with Gasteiger partial charge < -0.3 is 5.32 Å². The van der Waals surface area contributed by atoms with Gasteiger partial charge in [-0.1, -0.05) is 30.3 Å². The lowest BCUT2D eigenvalue weighted by Gasteiger charge is -2.12. The van der Waals surface area contributed by atoms with Crippen LogP contribution in [0.25, 0.3) is 16.1 Å². The van der Waals surface area contributed by atoms with Gasteiger partial charge in [0.1, 0.15) is 5.01 Å². The largest absolute Gasteiger partial charge is 0.417 e. The van der Waals surface area contributed by atoms with Gasteiger partial charge in [-0.2, -0.15) is 13.2 Å². The van der Waals surface area contributed by atoms with Gasteiger partial charge in [0.2, 0.25) is 5.91 Å². The molecule has 0 radical (unpaired) electrons. The zero-order valence-electron chi connectivity index (χ0n) is 13.3. The predicted molar refractivity (Wildman–Crippen MR) is 96.7 cm³/mol. The highest BCUT2D eigenvalue weighted by molar-refractivity contribution is 7.13. The second kappa shape index (κ2) is 7.53. The number of amides is 1. The van der Waals surface area contributed by atoms with Crippen molar-refractivity contribution >= 4 is 28.5 Å². The standard InChI is InChI=1S/C19H13F3N2OS/c20-19(21,22)16(13-4-2-1-3-5-13)12-17(25)24-15-8-6-14(7-9-15)18-23-10-11-26-18/h1-12H,(H,24,25)/b16-12-. The Kier molecular flexibility index (Phi) is 5.18. The molecule has 0 atom stereocenters. The van der Waals surface area contributed by atoms with Gasteiger partial charge in [0.15, 0.2) is 0 Å². The molecule has 0 aliphatic carbocycles. The van der Waals surface area contributed by atoms with Crippen molar-refractivity contribution in [2.75, 3.05) is 5.32 Å². The van der Waals surface area contributed by atoms with Crippen molar-refractivity contribution in [1.29, 1.82) is 0 Å². The van der Waals surface area contributed by atoms with Crippen LogP contribution in [-0.4, -0.2) is 17.1 Å². The Balaban J connectivity index is 1.79. The summed E-state index contributed by atoms with van der Waals surface area (Å²) in [6.07, 6.45) is -2.37. The molecule has 3 aromatic rings. The van der Waals surface area contributed by atoms with E-state index in [1.54, 1.807) is 36.5 Å². The first-order valence-electron chi connectivity index (χ1n) is 7.59. The number of aromatic nitrogens is 1. The average Bonchev–Trinajstić information content (AvgIpc) is 3.15. The maximum Gasteiger partial charge on any atom is 0.417 e. The van der Waals surface area contributed by atoms with E-state index in [1.165, 1.54) is 35.6 Å². The third-order valence-corrected chi connectivity index (χ3v) is 4.32. The lowest BCUT2D eigenvalue weighted by molar-refractivity contribution is -0.112. The number of halogens is 3. The number of carbonyl (C=O) groups excluding carboxylic acids is 1. The van der Waals surface area contributed by atoms with Crippen molar-refractivity contribution in [2.24, 2.45) is 0 Å². The Morgan fingerprint density at radius 3 is 2.31 bits per heavy atom. The highest BCUT2D eigenvalue weighted by atomic mass is 32.1. The minimum absolute atomic E-state index is 0.0609. The Labute approximate surface area is 151 Å². The lowest BCUT2D eigenvalue weighted by atomic mass is 10.1. The van der Waals surface area contributed by atoms with E-state index in [-0.39, 0.29) is 5.56 Å². The molecule has 0 saturated carbocycles. The van der Waals surface area contributed by atoms with Crippen LogP contribution in [0.4, 0.5) is 18.9 Å². The maximum atomic E-state index is 13.3. The predicted octanol–water partition coefficient (Wildman–Crippen LogP) is 5.39. The molecule has 132 valence electrons. The van der Waals surface area contributed by atoms with E-state index < -0.39 is 17.7 Å². The Morgan fingerprint density at radius 1 is 1.04 bits per heavy atom. The van der Waals surface area contributed by atoms with Crippen LogP contribution in [0, 0.1) is 0 Å². The molecule has 0 fully saturated rings. The molecule has 3 rings (SSSR count). The molecule has 0 bridgehead atoms. The highest BCUT2D eigenvalue weighted by Gasteiger charge is 2.35. The van der Waals surface area contributed by atoms with Crippen LogP contribution in [0.1, 0.15) is 5.56 Å². The van der Waals surface area contributed by atoms with Crippen molar-refractivity contribution < 1.29 is 18.0 Å². The molecule has 2 aromatic carbocycles.